The van der Waals surface area contributed by atoms with Crippen LogP contribution < -0.4 is 4.74 Å². The molecular formula is C24H27N3O2. The summed E-state index contributed by atoms with van der Waals surface area (Å²) >= 11 is 0. The second-order valence-corrected chi connectivity index (χ2v) is 7.61. The van der Waals surface area contributed by atoms with Gasteiger partial charge in [-0.3, -0.25) is 4.79 Å². The van der Waals surface area contributed by atoms with Crippen molar-refractivity contribution in [3.8, 4) is 5.75 Å². The van der Waals surface area contributed by atoms with Crippen LogP contribution in [0.5, 0.6) is 5.75 Å². The van der Waals surface area contributed by atoms with Crippen LogP contribution in [0.1, 0.15) is 30.1 Å². The fraction of sp³-hybridized carbons (Fsp3) is 0.333. The molecule has 29 heavy (non-hydrogen) atoms. The summed E-state index contributed by atoms with van der Waals surface area (Å²) in [6.45, 7) is 8.58. The lowest BCUT2D eigenvalue weighted by molar-refractivity contribution is -0.127. The van der Waals surface area contributed by atoms with E-state index in [4.69, 9.17) is 9.72 Å². The highest BCUT2D eigenvalue weighted by Gasteiger charge is 2.33. The zero-order chi connectivity index (χ0) is 20.2. The molecule has 2 heterocycles. The summed E-state index contributed by atoms with van der Waals surface area (Å²) in [7, 11) is 0. The Kier molecular flexibility index (Phi) is 5.65. The molecule has 1 amide bonds. The fourth-order valence-electron chi connectivity index (χ4n) is 3.97. The molecule has 5 nitrogen and oxygen atoms in total. The maximum absolute atomic E-state index is 12.3. The Labute approximate surface area is 171 Å². The number of amides is 1. The predicted octanol–water partition coefficient (Wildman–Crippen LogP) is 4.32. The third-order valence-electron chi connectivity index (χ3n) is 5.43. The van der Waals surface area contributed by atoms with E-state index in [1.54, 1.807) is 6.08 Å². The quantitative estimate of drug-likeness (QED) is 0.426. The van der Waals surface area contributed by atoms with Gasteiger partial charge >= 0.3 is 0 Å². The van der Waals surface area contributed by atoms with Crippen LogP contribution in [-0.2, 0) is 11.3 Å². The summed E-state index contributed by atoms with van der Waals surface area (Å²) in [5.41, 5.74) is 3.33. The maximum atomic E-state index is 12.3. The van der Waals surface area contributed by atoms with Crippen molar-refractivity contribution in [1.29, 1.82) is 0 Å². The van der Waals surface area contributed by atoms with Crippen molar-refractivity contribution < 1.29 is 9.53 Å². The zero-order valence-corrected chi connectivity index (χ0v) is 16.9. The van der Waals surface area contributed by atoms with Crippen molar-refractivity contribution >= 4 is 16.9 Å². The van der Waals surface area contributed by atoms with Crippen LogP contribution in [0.4, 0.5) is 0 Å². The van der Waals surface area contributed by atoms with Gasteiger partial charge in [-0.2, -0.15) is 0 Å². The van der Waals surface area contributed by atoms with Gasteiger partial charge in [0, 0.05) is 32.0 Å². The van der Waals surface area contributed by atoms with Gasteiger partial charge in [0.25, 0.3) is 0 Å². The maximum Gasteiger partial charge on any atom is 0.223 e. The molecule has 1 fully saturated rings. The molecule has 1 aromatic heterocycles. The van der Waals surface area contributed by atoms with Gasteiger partial charge in [0.05, 0.1) is 17.6 Å². The molecule has 2 aromatic carbocycles. The molecule has 1 saturated heterocycles. The number of fused-ring (bicyclic) bond motifs is 1. The van der Waals surface area contributed by atoms with E-state index in [-0.39, 0.29) is 11.8 Å². The summed E-state index contributed by atoms with van der Waals surface area (Å²) < 4.78 is 8.16. The lowest BCUT2D eigenvalue weighted by Crippen LogP contribution is -2.25. The minimum Gasteiger partial charge on any atom is -0.494 e. The van der Waals surface area contributed by atoms with Crippen LogP contribution in [0.3, 0.4) is 0 Å². The molecule has 4 rings (SSSR count). The molecule has 1 aliphatic heterocycles. The largest absolute Gasteiger partial charge is 0.494 e. The first-order valence-electron chi connectivity index (χ1n) is 10.2. The van der Waals surface area contributed by atoms with Crippen LogP contribution in [0.25, 0.3) is 11.0 Å². The number of rotatable bonds is 8. The smallest absolute Gasteiger partial charge is 0.223 e. The zero-order valence-electron chi connectivity index (χ0n) is 16.9. The number of aromatic nitrogens is 2. The number of aryl methyl sites for hydroxylation is 2. The monoisotopic (exact) mass is 389 g/mol. The minimum absolute atomic E-state index is 0.118. The Balaban J connectivity index is 1.49. The van der Waals surface area contributed by atoms with Gasteiger partial charge in [-0.15, -0.1) is 6.58 Å². The Morgan fingerprint density at radius 2 is 2.00 bits per heavy atom. The number of carbonyl (C=O) groups excluding carboxylic acids is 1. The molecular weight excluding hydrogens is 362 g/mol. The number of benzene rings is 2. The number of carbonyl (C=O) groups is 1. The number of nitrogens with zero attached hydrogens (tertiary/aromatic N) is 3. The number of hydrogen-bond donors (Lipinski definition) is 0. The Bertz CT molecular complexity index is 1010. The molecule has 1 aliphatic rings. The first-order chi connectivity index (χ1) is 14.2. The first kappa shape index (κ1) is 19.2. The van der Waals surface area contributed by atoms with E-state index in [1.165, 1.54) is 5.56 Å². The minimum atomic E-state index is 0.118. The van der Waals surface area contributed by atoms with E-state index in [0.29, 0.717) is 26.1 Å². The van der Waals surface area contributed by atoms with Gasteiger partial charge in [-0.05, 0) is 37.6 Å². The van der Waals surface area contributed by atoms with Crippen molar-refractivity contribution in [2.24, 2.45) is 0 Å². The molecule has 3 aromatic rings. The number of para-hydroxylation sites is 2. The number of ether oxygens (including phenoxy) is 1. The molecule has 0 spiro atoms. The van der Waals surface area contributed by atoms with E-state index < -0.39 is 0 Å². The van der Waals surface area contributed by atoms with Gasteiger partial charge in [0.15, 0.2) is 0 Å². The van der Waals surface area contributed by atoms with E-state index in [1.807, 2.05) is 35.2 Å². The van der Waals surface area contributed by atoms with Gasteiger partial charge in [0.1, 0.15) is 11.6 Å². The van der Waals surface area contributed by atoms with Crippen molar-refractivity contribution in [2.45, 2.75) is 32.2 Å². The highest BCUT2D eigenvalue weighted by atomic mass is 16.5. The average Bonchev–Trinajstić information content (AvgIpc) is 3.27. The van der Waals surface area contributed by atoms with Gasteiger partial charge in [0.2, 0.25) is 5.91 Å². The first-order valence-corrected chi connectivity index (χ1v) is 10.2. The highest BCUT2D eigenvalue weighted by molar-refractivity contribution is 5.81. The van der Waals surface area contributed by atoms with Crippen LogP contribution in [0, 0.1) is 6.92 Å². The second kappa shape index (κ2) is 8.52. The Hall–Kier alpha value is -3.08. The summed E-state index contributed by atoms with van der Waals surface area (Å²) in [6, 6.07) is 16.3. The second-order valence-electron chi connectivity index (χ2n) is 7.61. The van der Waals surface area contributed by atoms with E-state index in [2.05, 4.69) is 36.3 Å². The fourth-order valence-corrected chi connectivity index (χ4v) is 3.97. The third-order valence-corrected chi connectivity index (χ3v) is 5.43. The van der Waals surface area contributed by atoms with Crippen molar-refractivity contribution in [3.63, 3.8) is 0 Å². The van der Waals surface area contributed by atoms with Gasteiger partial charge in [-0.1, -0.05) is 35.9 Å². The molecule has 1 atom stereocenters. The summed E-state index contributed by atoms with van der Waals surface area (Å²) in [5, 5.41) is 0. The number of likely N-dealkylation sites (tertiary alicyclic amines) is 1. The normalized spacial score (nSPS) is 16.5. The summed E-state index contributed by atoms with van der Waals surface area (Å²) in [6.07, 6.45) is 3.17. The Morgan fingerprint density at radius 3 is 2.79 bits per heavy atom. The van der Waals surface area contributed by atoms with Gasteiger partial charge < -0.3 is 14.2 Å². The molecule has 0 bridgehead atoms. The van der Waals surface area contributed by atoms with Crippen LogP contribution >= 0.6 is 0 Å². The standard InChI is InChI=1S/C24H27N3O2/c1-3-13-26-17-19(16-23(26)28)24-25-21-7-4-5-8-22(21)27(24)14-6-15-29-20-11-9-18(2)10-12-20/h3-5,7-12,19H,1,6,13-17H2,2H3. The van der Waals surface area contributed by atoms with Crippen LogP contribution in [0.2, 0.25) is 0 Å². The lowest BCUT2D eigenvalue weighted by atomic mass is 10.1. The van der Waals surface area contributed by atoms with E-state index >= 15 is 0 Å². The molecule has 0 radical (unpaired) electrons. The predicted molar refractivity (Wildman–Crippen MR) is 115 cm³/mol. The number of imidazole rings is 1. The highest BCUT2D eigenvalue weighted by Crippen LogP contribution is 2.30. The molecule has 150 valence electrons. The topological polar surface area (TPSA) is 47.4 Å². The van der Waals surface area contributed by atoms with Crippen molar-refractivity contribution in [3.05, 3.63) is 72.6 Å². The lowest BCUT2D eigenvalue weighted by Gasteiger charge is -2.16. The molecule has 5 heteroatoms. The molecule has 0 saturated carbocycles. The van der Waals surface area contributed by atoms with Crippen LogP contribution in [-0.4, -0.2) is 40.1 Å². The van der Waals surface area contributed by atoms with Crippen LogP contribution in [0.15, 0.2) is 61.2 Å². The molecule has 0 aliphatic carbocycles. The van der Waals surface area contributed by atoms with E-state index in [9.17, 15) is 4.79 Å². The van der Waals surface area contributed by atoms with Crippen molar-refractivity contribution in [2.75, 3.05) is 19.7 Å². The summed E-state index contributed by atoms with van der Waals surface area (Å²) in [5.74, 6) is 2.19. The number of hydrogen-bond acceptors (Lipinski definition) is 3. The van der Waals surface area contributed by atoms with Gasteiger partial charge in [-0.25, -0.2) is 4.98 Å². The Morgan fingerprint density at radius 1 is 1.21 bits per heavy atom. The molecule has 1 unspecified atom stereocenters. The van der Waals surface area contributed by atoms with E-state index in [0.717, 1.165) is 35.6 Å². The SMILES string of the molecule is C=CCN1CC(c2nc3ccccc3n2CCCOc2ccc(C)cc2)CC1=O. The third kappa shape index (κ3) is 4.19. The van der Waals surface area contributed by atoms with Crippen molar-refractivity contribution in [1.82, 2.24) is 14.5 Å². The average molecular weight is 389 g/mol. The molecule has 0 N–H and O–H groups in total. The summed E-state index contributed by atoms with van der Waals surface area (Å²) in [4.78, 5) is 19.1.